The summed E-state index contributed by atoms with van der Waals surface area (Å²) in [6.07, 6.45) is 5.14. The molecule has 0 atom stereocenters. The van der Waals surface area contributed by atoms with Crippen molar-refractivity contribution in [3.8, 4) is 28.4 Å². The monoisotopic (exact) mass is 602 g/mol. The Kier molecular flexibility index (Phi) is 7.90. The van der Waals surface area contributed by atoms with Crippen molar-refractivity contribution in [2.75, 3.05) is 7.05 Å². The first-order valence-electron chi connectivity index (χ1n) is 14.0. The molecule has 220 valence electrons. The van der Waals surface area contributed by atoms with Gasteiger partial charge in [-0.2, -0.15) is 0 Å². The van der Waals surface area contributed by atoms with Crippen LogP contribution in [0.5, 0.6) is 5.75 Å². The van der Waals surface area contributed by atoms with E-state index in [1.165, 1.54) is 31.3 Å². The third-order valence-corrected chi connectivity index (χ3v) is 8.69. The maximum Gasteiger partial charge on any atom is 0.335 e. The van der Waals surface area contributed by atoms with Gasteiger partial charge in [0.25, 0.3) is 5.91 Å². The number of imidazole rings is 1. The van der Waals surface area contributed by atoms with Crippen molar-refractivity contribution < 1.29 is 28.2 Å². The number of rotatable bonds is 8. The summed E-state index contributed by atoms with van der Waals surface area (Å²) < 4.78 is 37.3. The number of hydrogen-bond acceptors (Lipinski definition) is 6. The van der Waals surface area contributed by atoms with Crippen molar-refractivity contribution in [1.29, 1.82) is 0 Å². The van der Waals surface area contributed by atoms with Crippen LogP contribution in [0.3, 0.4) is 0 Å². The molecule has 0 spiro atoms. The van der Waals surface area contributed by atoms with Crippen LogP contribution in [0, 0.1) is 11.6 Å². The van der Waals surface area contributed by atoms with Crippen LogP contribution < -0.4 is 10.1 Å². The minimum absolute atomic E-state index is 0.0126. The summed E-state index contributed by atoms with van der Waals surface area (Å²) in [5.41, 5.74) is 2.81. The SMILES string of the molecule is CNC(=O)c1nc(-c2ccc(F)cc2)c(COc2ccc(-c3nc4cc(C(=O)O)ccc4n3C3CCCCC3)c(F)c2)s1. The number of thiazole rings is 1. The first-order chi connectivity index (χ1) is 20.8. The predicted molar refractivity (Wildman–Crippen MR) is 159 cm³/mol. The van der Waals surface area contributed by atoms with E-state index in [9.17, 15) is 19.1 Å². The van der Waals surface area contributed by atoms with E-state index in [2.05, 4.69) is 10.3 Å². The topological polar surface area (TPSA) is 106 Å². The zero-order chi connectivity index (χ0) is 30.1. The molecule has 2 aromatic heterocycles. The number of ether oxygens (including phenoxy) is 1. The van der Waals surface area contributed by atoms with Crippen molar-refractivity contribution in [2.24, 2.45) is 0 Å². The van der Waals surface area contributed by atoms with E-state index in [-0.39, 0.29) is 40.4 Å². The lowest BCUT2D eigenvalue weighted by molar-refractivity contribution is 0.0696. The van der Waals surface area contributed by atoms with Crippen LogP contribution in [0.1, 0.15) is 63.2 Å². The van der Waals surface area contributed by atoms with Gasteiger partial charge >= 0.3 is 5.97 Å². The zero-order valence-corrected chi connectivity index (χ0v) is 24.1. The summed E-state index contributed by atoms with van der Waals surface area (Å²) in [5.74, 6) is -1.60. The van der Waals surface area contributed by atoms with Crippen LogP contribution in [0.25, 0.3) is 33.7 Å². The second-order valence-corrected chi connectivity index (χ2v) is 11.5. The molecule has 2 heterocycles. The second-order valence-electron chi connectivity index (χ2n) is 10.4. The fourth-order valence-electron chi connectivity index (χ4n) is 5.53. The van der Waals surface area contributed by atoms with Gasteiger partial charge in [-0.3, -0.25) is 4.79 Å². The molecule has 1 saturated carbocycles. The lowest BCUT2D eigenvalue weighted by atomic mass is 9.94. The normalized spacial score (nSPS) is 13.7. The maximum atomic E-state index is 15.8. The van der Waals surface area contributed by atoms with E-state index in [4.69, 9.17) is 9.72 Å². The molecule has 6 rings (SSSR count). The Morgan fingerprint density at radius 3 is 2.49 bits per heavy atom. The Morgan fingerprint density at radius 2 is 1.79 bits per heavy atom. The molecular weight excluding hydrogens is 574 g/mol. The fraction of sp³-hybridized carbons (Fsp3) is 0.250. The number of carboxylic acid groups (broad SMARTS) is 1. The molecule has 0 bridgehead atoms. The number of aromatic nitrogens is 3. The van der Waals surface area contributed by atoms with E-state index < -0.39 is 17.6 Å². The molecule has 1 amide bonds. The van der Waals surface area contributed by atoms with Crippen molar-refractivity contribution in [3.63, 3.8) is 0 Å². The molecule has 1 aliphatic rings. The molecule has 1 aliphatic carbocycles. The third kappa shape index (κ3) is 5.72. The first kappa shape index (κ1) is 28.5. The molecule has 43 heavy (non-hydrogen) atoms. The number of carboxylic acids is 1. The molecule has 1 fully saturated rings. The van der Waals surface area contributed by atoms with Crippen LogP contribution in [-0.2, 0) is 6.61 Å². The molecule has 2 N–H and O–H groups in total. The number of carbonyl (C=O) groups is 2. The standard InChI is InChI=1S/C32H28F2N4O4S/c1-35-30(39)31-37-28(18-7-10-20(33)11-8-18)27(43-31)17-42-22-12-13-23(24(34)16-22)29-36-25-15-19(32(40)41)9-14-26(25)38(29)21-5-3-2-4-6-21/h7-16,21H,2-6,17H2,1H3,(H,35,39)(H,40,41). The summed E-state index contributed by atoms with van der Waals surface area (Å²) >= 11 is 1.15. The molecule has 0 saturated heterocycles. The molecular formula is C32H28F2N4O4S. The number of nitrogens with one attached hydrogen (secondary N) is 1. The van der Waals surface area contributed by atoms with E-state index in [0.29, 0.717) is 27.5 Å². The van der Waals surface area contributed by atoms with Gasteiger partial charge in [-0.25, -0.2) is 23.5 Å². The summed E-state index contributed by atoms with van der Waals surface area (Å²) in [6, 6.07) is 15.3. The average Bonchev–Trinajstić information content (AvgIpc) is 3.62. The van der Waals surface area contributed by atoms with Gasteiger partial charge < -0.3 is 19.7 Å². The molecule has 0 unspecified atom stereocenters. The highest BCUT2D eigenvalue weighted by Gasteiger charge is 2.25. The summed E-state index contributed by atoms with van der Waals surface area (Å²) in [4.78, 5) is 33.6. The lowest BCUT2D eigenvalue weighted by Crippen LogP contribution is -2.17. The summed E-state index contributed by atoms with van der Waals surface area (Å²) in [5, 5.41) is 12.3. The van der Waals surface area contributed by atoms with Crippen molar-refractivity contribution in [1.82, 2.24) is 19.9 Å². The smallest absolute Gasteiger partial charge is 0.335 e. The number of amides is 1. The van der Waals surface area contributed by atoms with Crippen LogP contribution in [0.4, 0.5) is 8.78 Å². The molecule has 8 nitrogen and oxygen atoms in total. The third-order valence-electron chi connectivity index (χ3n) is 7.66. The maximum absolute atomic E-state index is 15.8. The predicted octanol–water partition coefficient (Wildman–Crippen LogP) is 7.25. The van der Waals surface area contributed by atoms with Crippen molar-refractivity contribution >= 4 is 34.2 Å². The van der Waals surface area contributed by atoms with Gasteiger partial charge in [0.2, 0.25) is 0 Å². The van der Waals surface area contributed by atoms with Crippen LogP contribution in [0.2, 0.25) is 0 Å². The first-order valence-corrected chi connectivity index (χ1v) is 14.8. The van der Waals surface area contributed by atoms with Gasteiger partial charge in [0.05, 0.1) is 32.7 Å². The Labute approximate surface area is 250 Å². The average molecular weight is 603 g/mol. The highest BCUT2D eigenvalue weighted by Crippen LogP contribution is 2.38. The molecule has 0 aliphatic heterocycles. The second kappa shape index (κ2) is 11.9. The quantitative estimate of drug-likeness (QED) is 0.194. The van der Waals surface area contributed by atoms with Gasteiger partial charge in [0, 0.05) is 24.7 Å². The molecule has 5 aromatic rings. The van der Waals surface area contributed by atoms with E-state index in [0.717, 1.165) is 49.0 Å². The minimum atomic E-state index is -1.05. The zero-order valence-electron chi connectivity index (χ0n) is 23.3. The van der Waals surface area contributed by atoms with Gasteiger partial charge in [0.1, 0.15) is 29.8 Å². The number of halogens is 2. The molecule has 11 heteroatoms. The number of benzene rings is 3. The highest BCUT2D eigenvalue weighted by molar-refractivity contribution is 7.14. The van der Waals surface area contributed by atoms with E-state index in [1.807, 2.05) is 4.57 Å². The molecule has 0 radical (unpaired) electrons. The number of hydrogen-bond donors (Lipinski definition) is 2. The largest absolute Gasteiger partial charge is 0.488 e. The Bertz CT molecular complexity index is 1830. The number of carbonyl (C=O) groups excluding carboxylic acids is 1. The van der Waals surface area contributed by atoms with Gasteiger partial charge in [0.15, 0.2) is 5.01 Å². The lowest BCUT2D eigenvalue weighted by Gasteiger charge is -2.25. The van der Waals surface area contributed by atoms with Gasteiger partial charge in [-0.05, 0) is 67.4 Å². The van der Waals surface area contributed by atoms with E-state index >= 15 is 4.39 Å². The van der Waals surface area contributed by atoms with Crippen molar-refractivity contribution in [3.05, 3.63) is 87.7 Å². The number of fused-ring (bicyclic) bond motifs is 1. The van der Waals surface area contributed by atoms with Crippen LogP contribution >= 0.6 is 11.3 Å². The number of aromatic carboxylic acids is 1. The summed E-state index contributed by atoms with van der Waals surface area (Å²) in [6.45, 7) is 0.0126. The molecule has 3 aromatic carbocycles. The highest BCUT2D eigenvalue weighted by atomic mass is 32.1. The fourth-order valence-corrected chi connectivity index (χ4v) is 6.48. The van der Waals surface area contributed by atoms with Crippen LogP contribution in [0.15, 0.2) is 60.7 Å². The van der Waals surface area contributed by atoms with Crippen molar-refractivity contribution in [2.45, 2.75) is 44.8 Å². The Morgan fingerprint density at radius 1 is 1.02 bits per heavy atom. The van der Waals surface area contributed by atoms with Crippen LogP contribution in [-0.4, -0.2) is 38.6 Å². The van der Waals surface area contributed by atoms with Gasteiger partial charge in [-0.1, -0.05) is 19.3 Å². The minimum Gasteiger partial charge on any atom is -0.488 e. The van der Waals surface area contributed by atoms with E-state index in [1.54, 1.807) is 36.4 Å². The summed E-state index contributed by atoms with van der Waals surface area (Å²) in [7, 11) is 1.51. The Balaban J connectivity index is 1.32. The number of nitrogens with zero attached hydrogens (tertiary/aromatic N) is 3. The van der Waals surface area contributed by atoms with Gasteiger partial charge in [-0.15, -0.1) is 11.3 Å². The Hall–Kier alpha value is -4.64.